The molecule has 3 aromatic rings. The number of pyridine rings is 1. The molecule has 1 heterocycles. The summed E-state index contributed by atoms with van der Waals surface area (Å²) in [6.45, 7) is 17.1. The lowest BCUT2D eigenvalue weighted by atomic mass is 10.1. The summed E-state index contributed by atoms with van der Waals surface area (Å²) in [6, 6.07) is 15.7. The Morgan fingerprint density at radius 3 is 2.33 bits per heavy atom. The van der Waals surface area contributed by atoms with Crippen LogP contribution in [-0.4, -0.2) is 41.0 Å². The second-order valence-corrected chi connectivity index (χ2v) is 10.9. The maximum Gasteiger partial charge on any atom is 0.419 e. The van der Waals surface area contributed by atoms with E-state index < -0.39 is 11.7 Å². The number of carbonyl (C=O) groups excluding carboxylic acids is 2. The first-order valence-corrected chi connectivity index (χ1v) is 13.8. The Morgan fingerprint density at radius 1 is 1.07 bits per heavy atom. The van der Waals surface area contributed by atoms with Crippen molar-refractivity contribution in [2.75, 3.05) is 33.7 Å². The first-order chi connectivity index (χ1) is 19.8. The Labute approximate surface area is 248 Å². The fraction of sp³-hybridized carbons (Fsp3) is 0.344. The molecule has 224 valence electrons. The van der Waals surface area contributed by atoms with Gasteiger partial charge in [-0.15, -0.1) is 0 Å². The van der Waals surface area contributed by atoms with Crippen molar-refractivity contribution in [2.24, 2.45) is 5.92 Å². The lowest BCUT2D eigenvalue weighted by Crippen LogP contribution is -2.35. The number of rotatable bonds is 11. The van der Waals surface area contributed by atoms with Gasteiger partial charge in [0.2, 0.25) is 5.91 Å². The summed E-state index contributed by atoms with van der Waals surface area (Å²) in [6.07, 6.45) is 0.996. The first-order valence-electron chi connectivity index (χ1n) is 13.8. The third kappa shape index (κ3) is 8.15. The molecule has 0 saturated carbocycles. The van der Waals surface area contributed by atoms with Crippen LogP contribution in [0, 0.1) is 12.8 Å². The van der Waals surface area contributed by atoms with Gasteiger partial charge in [0.25, 0.3) is 0 Å². The summed E-state index contributed by atoms with van der Waals surface area (Å²) in [4.78, 5) is 34.6. The minimum atomic E-state index is -0.818. The van der Waals surface area contributed by atoms with Crippen LogP contribution in [0.25, 0.3) is 0 Å². The van der Waals surface area contributed by atoms with E-state index in [-0.39, 0.29) is 41.4 Å². The molecule has 0 unspecified atom stereocenters. The number of benzene rings is 2. The molecule has 3 rings (SSSR count). The summed E-state index contributed by atoms with van der Waals surface area (Å²) >= 11 is 0. The molecule has 0 atom stereocenters. The van der Waals surface area contributed by atoms with Crippen LogP contribution >= 0.6 is 0 Å². The third-order valence-electron chi connectivity index (χ3n) is 6.10. The van der Waals surface area contributed by atoms with Crippen LogP contribution in [0.4, 0.5) is 33.4 Å². The monoisotopic (exact) mass is 575 g/mol. The Balaban J connectivity index is 2.16. The second-order valence-electron chi connectivity index (χ2n) is 10.9. The maximum atomic E-state index is 13.8. The van der Waals surface area contributed by atoms with Gasteiger partial charge in [0.1, 0.15) is 22.9 Å². The normalized spacial score (nSPS) is 11.0. The molecular formula is C32H41N5O5. The van der Waals surface area contributed by atoms with E-state index in [0.29, 0.717) is 29.5 Å². The van der Waals surface area contributed by atoms with E-state index in [1.54, 1.807) is 65.9 Å². The molecule has 0 aliphatic carbocycles. The summed E-state index contributed by atoms with van der Waals surface area (Å²) in [5.74, 6) is 0.519. The van der Waals surface area contributed by atoms with Crippen LogP contribution in [0.3, 0.4) is 0 Å². The van der Waals surface area contributed by atoms with E-state index in [1.807, 2.05) is 42.2 Å². The maximum absolute atomic E-state index is 13.8. The number of aryl methyl sites for hydroxylation is 1. The van der Waals surface area contributed by atoms with Crippen molar-refractivity contribution in [3.63, 3.8) is 0 Å². The molecule has 0 aliphatic heterocycles. The molecule has 10 heteroatoms. The molecule has 10 nitrogen and oxygen atoms in total. The van der Waals surface area contributed by atoms with Crippen molar-refractivity contribution in [1.29, 1.82) is 0 Å². The van der Waals surface area contributed by atoms with Crippen LogP contribution in [0.2, 0.25) is 0 Å². The van der Waals surface area contributed by atoms with E-state index in [1.165, 1.54) is 11.0 Å². The minimum Gasteiger partial charge on any atom is -0.506 e. The Bertz CT molecular complexity index is 1400. The predicted octanol–water partition coefficient (Wildman–Crippen LogP) is 7.18. The highest BCUT2D eigenvalue weighted by Crippen LogP contribution is 2.41. The number of anilines is 5. The molecule has 0 saturated heterocycles. The fourth-order valence-corrected chi connectivity index (χ4v) is 3.95. The van der Waals surface area contributed by atoms with Gasteiger partial charge in [-0.1, -0.05) is 38.6 Å². The average molecular weight is 576 g/mol. The Morgan fingerprint density at radius 2 is 1.76 bits per heavy atom. The van der Waals surface area contributed by atoms with Crippen molar-refractivity contribution in [3.05, 3.63) is 73.1 Å². The summed E-state index contributed by atoms with van der Waals surface area (Å²) < 4.78 is 11.6. The van der Waals surface area contributed by atoms with Gasteiger partial charge in [-0.2, -0.15) is 0 Å². The van der Waals surface area contributed by atoms with Crippen LogP contribution in [0.1, 0.15) is 47.2 Å². The number of para-hydroxylation sites is 1. The number of aromatic nitrogens is 1. The van der Waals surface area contributed by atoms with Crippen molar-refractivity contribution < 1.29 is 24.2 Å². The minimum absolute atomic E-state index is 0.0326. The highest BCUT2D eigenvalue weighted by Gasteiger charge is 2.30. The average Bonchev–Trinajstić information content (AvgIpc) is 2.92. The number of hydrogen-bond acceptors (Lipinski definition) is 8. The summed E-state index contributed by atoms with van der Waals surface area (Å²) in [5.41, 5.74) is 0.924. The molecule has 42 heavy (non-hydrogen) atoms. The van der Waals surface area contributed by atoms with E-state index in [0.717, 1.165) is 0 Å². The molecule has 2 aromatic carbocycles. The van der Waals surface area contributed by atoms with E-state index in [2.05, 4.69) is 17.2 Å². The Hall–Kier alpha value is -4.73. The van der Waals surface area contributed by atoms with Crippen LogP contribution in [0.15, 0.2) is 67.4 Å². The SMILES string of the molecule is C=CN(CC)c1ccc(N(C(=O)OC(C)(C)C)c2cc(NCOc3ccccc3)c(O)cc2NC(=O)C(C)C)c(C)n1. The number of nitrogens with one attached hydrogen (secondary N) is 2. The van der Waals surface area contributed by atoms with Crippen molar-refractivity contribution in [3.8, 4) is 11.5 Å². The molecule has 1 aromatic heterocycles. The standard InChI is InChI=1S/C32H41N5O5/c1-9-36(10-2)29-17-16-26(22(5)34-29)37(31(40)42-32(6,7)8)27-18-25(33-20-41-23-14-12-11-13-15-23)28(38)19-24(27)35-30(39)21(3)4/h9,11-19,21,33,38H,1,10,20H2,2-8H3,(H,35,39). The van der Waals surface area contributed by atoms with Gasteiger partial charge < -0.3 is 30.1 Å². The molecule has 0 radical (unpaired) electrons. The van der Waals surface area contributed by atoms with E-state index >= 15 is 0 Å². The van der Waals surface area contributed by atoms with Gasteiger partial charge in [-0.25, -0.2) is 14.7 Å². The quantitative estimate of drug-likeness (QED) is 0.163. The largest absolute Gasteiger partial charge is 0.506 e. The number of aromatic hydroxyl groups is 1. The second kappa shape index (κ2) is 13.8. The van der Waals surface area contributed by atoms with Crippen LogP contribution < -0.4 is 25.2 Å². The van der Waals surface area contributed by atoms with E-state index in [4.69, 9.17) is 14.5 Å². The van der Waals surface area contributed by atoms with E-state index in [9.17, 15) is 14.7 Å². The fourth-order valence-electron chi connectivity index (χ4n) is 3.95. The highest BCUT2D eigenvalue weighted by atomic mass is 16.6. The van der Waals surface area contributed by atoms with Gasteiger partial charge in [0, 0.05) is 18.5 Å². The van der Waals surface area contributed by atoms with Gasteiger partial charge in [-0.3, -0.25) is 4.79 Å². The lowest BCUT2D eigenvalue weighted by molar-refractivity contribution is -0.118. The number of hydrogen-bond donors (Lipinski definition) is 3. The van der Waals surface area contributed by atoms with Gasteiger partial charge >= 0.3 is 6.09 Å². The lowest BCUT2D eigenvalue weighted by Gasteiger charge is -2.30. The van der Waals surface area contributed by atoms with Gasteiger partial charge in [0.15, 0.2) is 6.73 Å². The molecule has 0 fully saturated rings. The Kier molecular flexibility index (Phi) is 10.4. The number of ether oxygens (including phenoxy) is 2. The molecular weight excluding hydrogens is 534 g/mol. The number of amides is 2. The van der Waals surface area contributed by atoms with Crippen LogP contribution in [-0.2, 0) is 9.53 Å². The highest BCUT2D eigenvalue weighted by molar-refractivity contribution is 6.05. The van der Waals surface area contributed by atoms with Crippen molar-refractivity contribution in [1.82, 2.24) is 4.98 Å². The zero-order valence-corrected chi connectivity index (χ0v) is 25.4. The number of phenolic OH excluding ortho intramolecular Hbond substituents is 1. The number of carbonyl (C=O) groups is 2. The number of nitrogens with zero attached hydrogens (tertiary/aromatic N) is 3. The number of phenols is 1. The molecule has 3 N–H and O–H groups in total. The smallest absolute Gasteiger partial charge is 0.419 e. The third-order valence-corrected chi connectivity index (χ3v) is 6.10. The topological polar surface area (TPSA) is 116 Å². The predicted molar refractivity (Wildman–Crippen MR) is 168 cm³/mol. The summed E-state index contributed by atoms with van der Waals surface area (Å²) in [7, 11) is 0. The molecule has 2 amide bonds. The van der Waals surface area contributed by atoms with Crippen molar-refractivity contribution in [2.45, 2.75) is 54.1 Å². The molecule has 0 spiro atoms. The van der Waals surface area contributed by atoms with Gasteiger partial charge in [-0.05, 0) is 71.2 Å². The van der Waals surface area contributed by atoms with Gasteiger partial charge in [0.05, 0.1) is 28.4 Å². The zero-order chi connectivity index (χ0) is 31.0. The molecule has 0 bridgehead atoms. The van der Waals surface area contributed by atoms with Crippen LogP contribution in [0.5, 0.6) is 11.5 Å². The first kappa shape index (κ1) is 31.8. The summed E-state index contributed by atoms with van der Waals surface area (Å²) in [5, 5.41) is 16.8. The zero-order valence-electron chi connectivity index (χ0n) is 25.4. The molecule has 0 aliphatic rings. The van der Waals surface area contributed by atoms with Crippen molar-refractivity contribution >= 4 is 40.6 Å².